The molecule has 2 aromatic rings. The molecule has 0 radical (unpaired) electrons. The van der Waals surface area contributed by atoms with Crippen molar-refractivity contribution in [2.24, 2.45) is 0 Å². The maximum Gasteiger partial charge on any atom is 0.226 e. The molecule has 9 nitrogen and oxygen atoms in total. The van der Waals surface area contributed by atoms with Crippen LogP contribution in [0.15, 0.2) is 46.2 Å². The van der Waals surface area contributed by atoms with Crippen molar-refractivity contribution in [1.82, 2.24) is 4.90 Å². The molecule has 0 aliphatic heterocycles. The highest BCUT2D eigenvalue weighted by molar-refractivity contribution is 7.91. The summed E-state index contributed by atoms with van der Waals surface area (Å²) >= 11 is 17.8. The minimum atomic E-state index is -4.00. The first-order valence-corrected chi connectivity index (χ1v) is 12.9. The molecule has 2 amide bonds. The molecular formula is C22H24Cl3NO8S. The number of amides is 2. The van der Waals surface area contributed by atoms with Crippen LogP contribution in [0.1, 0.15) is 13.8 Å². The first-order valence-electron chi connectivity index (χ1n) is 10.2. The Kier molecular flexibility index (Phi) is 10.6. The Morgan fingerprint density at radius 2 is 1.43 bits per heavy atom. The quantitative estimate of drug-likeness (QED) is 0.396. The van der Waals surface area contributed by atoms with Crippen molar-refractivity contribution in [3.63, 3.8) is 0 Å². The van der Waals surface area contributed by atoms with E-state index in [0.717, 1.165) is 4.90 Å². The van der Waals surface area contributed by atoms with Gasteiger partial charge in [-0.25, -0.2) is 8.42 Å². The fraction of sp³-hybridized carbons (Fsp3) is 0.364. The van der Waals surface area contributed by atoms with Crippen LogP contribution in [-0.4, -0.2) is 73.2 Å². The van der Waals surface area contributed by atoms with Crippen molar-refractivity contribution in [1.29, 1.82) is 0 Å². The highest BCUT2D eigenvalue weighted by Gasteiger charge is 2.23. The number of rotatable bonds is 11. The molecule has 2 aromatic carbocycles. The van der Waals surface area contributed by atoms with Crippen LogP contribution in [0.5, 0.6) is 11.5 Å². The van der Waals surface area contributed by atoms with Crippen LogP contribution in [-0.2, 0) is 19.4 Å². The number of hydrogen-bond acceptors (Lipinski definition) is 8. The summed E-state index contributed by atoms with van der Waals surface area (Å²) < 4.78 is 36.8. The van der Waals surface area contributed by atoms with Gasteiger partial charge in [0.05, 0.1) is 32.3 Å². The number of alkyl halides is 1. The number of carbonyl (C=O) groups excluding carboxylic acids is 2. The van der Waals surface area contributed by atoms with Gasteiger partial charge in [0, 0.05) is 13.8 Å². The number of aliphatic hydroxyl groups is 2. The van der Waals surface area contributed by atoms with E-state index in [2.05, 4.69) is 0 Å². The molecule has 35 heavy (non-hydrogen) atoms. The summed E-state index contributed by atoms with van der Waals surface area (Å²) in [5, 5.41) is 19.4. The first-order chi connectivity index (χ1) is 16.4. The normalized spacial score (nSPS) is 13.1. The summed E-state index contributed by atoms with van der Waals surface area (Å²) in [6, 6.07) is 7.75. The second-order valence-electron chi connectivity index (χ2n) is 7.42. The van der Waals surface area contributed by atoms with E-state index in [1.54, 1.807) is 0 Å². The van der Waals surface area contributed by atoms with Crippen LogP contribution in [0.3, 0.4) is 0 Å². The van der Waals surface area contributed by atoms with E-state index in [0.29, 0.717) is 0 Å². The third-order valence-corrected chi connectivity index (χ3v) is 7.28. The van der Waals surface area contributed by atoms with Crippen molar-refractivity contribution in [2.75, 3.05) is 25.6 Å². The summed E-state index contributed by atoms with van der Waals surface area (Å²) in [6.45, 7) is 1.78. The van der Waals surface area contributed by atoms with E-state index in [1.807, 2.05) is 0 Å². The van der Waals surface area contributed by atoms with Gasteiger partial charge in [-0.1, -0.05) is 23.2 Å². The zero-order valence-electron chi connectivity index (χ0n) is 18.8. The van der Waals surface area contributed by atoms with Crippen molar-refractivity contribution in [3.8, 4) is 11.5 Å². The van der Waals surface area contributed by atoms with Crippen molar-refractivity contribution in [3.05, 3.63) is 46.4 Å². The maximum atomic E-state index is 13.0. The van der Waals surface area contributed by atoms with E-state index in [9.17, 15) is 28.2 Å². The number of ether oxygens (including phenoxy) is 2. The zero-order chi connectivity index (χ0) is 26.3. The van der Waals surface area contributed by atoms with E-state index in [4.69, 9.17) is 44.3 Å². The second kappa shape index (κ2) is 12.8. The predicted octanol–water partition coefficient (Wildman–Crippen LogP) is 2.94. The summed E-state index contributed by atoms with van der Waals surface area (Å²) in [5.41, 5.74) is 0. The lowest BCUT2D eigenvalue weighted by atomic mass is 10.3. The van der Waals surface area contributed by atoms with Gasteiger partial charge in [-0.3, -0.25) is 14.5 Å². The molecule has 13 heteroatoms. The molecular weight excluding hydrogens is 545 g/mol. The van der Waals surface area contributed by atoms with Gasteiger partial charge in [0.15, 0.2) is 5.75 Å². The summed E-state index contributed by atoms with van der Waals surface area (Å²) in [4.78, 5) is 23.5. The van der Waals surface area contributed by atoms with Gasteiger partial charge in [-0.15, -0.1) is 11.6 Å². The molecule has 2 atom stereocenters. The summed E-state index contributed by atoms with van der Waals surface area (Å²) in [7, 11) is -4.00. The SMILES string of the molecule is CC(=O)N(C[C@@H](O)COc1ccc(S(=O)(=O)c2cc(Cl)c(OC[C@H](O)CCl)c(Cl)c2)cc1)C(C)=O. The van der Waals surface area contributed by atoms with Crippen LogP contribution in [0.2, 0.25) is 10.0 Å². The largest absolute Gasteiger partial charge is 0.491 e. The van der Waals surface area contributed by atoms with Crippen LogP contribution in [0, 0.1) is 0 Å². The zero-order valence-corrected chi connectivity index (χ0v) is 21.9. The van der Waals surface area contributed by atoms with Gasteiger partial charge < -0.3 is 19.7 Å². The number of sulfone groups is 1. The fourth-order valence-electron chi connectivity index (χ4n) is 2.84. The van der Waals surface area contributed by atoms with Crippen LogP contribution in [0.25, 0.3) is 0 Å². The number of hydrogen-bond donors (Lipinski definition) is 2. The lowest BCUT2D eigenvalue weighted by Crippen LogP contribution is -2.41. The molecule has 0 fully saturated rings. The highest BCUT2D eigenvalue weighted by Crippen LogP contribution is 2.37. The molecule has 192 valence electrons. The number of halogens is 3. The molecule has 0 aromatic heterocycles. The van der Waals surface area contributed by atoms with Crippen LogP contribution in [0.4, 0.5) is 0 Å². The molecule has 2 rings (SSSR count). The number of benzene rings is 2. The predicted molar refractivity (Wildman–Crippen MR) is 130 cm³/mol. The number of aliphatic hydroxyl groups excluding tert-OH is 2. The van der Waals surface area contributed by atoms with Crippen molar-refractivity contribution < 1.29 is 37.7 Å². The van der Waals surface area contributed by atoms with Gasteiger partial charge in [0.2, 0.25) is 21.7 Å². The lowest BCUT2D eigenvalue weighted by Gasteiger charge is -2.21. The van der Waals surface area contributed by atoms with Gasteiger partial charge in [-0.05, 0) is 36.4 Å². The minimum Gasteiger partial charge on any atom is -0.491 e. The van der Waals surface area contributed by atoms with E-state index >= 15 is 0 Å². The molecule has 0 bridgehead atoms. The van der Waals surface area contributed by atoms with Gasteiger partial charge in [0.1, 0.15) is 31.2 Å². The van der Waals surface area contributed by atoms with E-state index < -0.39 is 33.9 Å². The molecule has 0 heterocycles. The highest BCUT2D eigenvalue weighted by atomic mass is 35.5. The third-order valence-electron chi connectivity index (χ3n) is 4.61. The summed E-state index contributed by atoms with van der Waals surface area (Å²) in [6.07, 6.45) is -2.09. The summed E-state index contributed by atoms with van der Waals surface area (Å²) in [5.74, 6) is -0.780. The topological polar surface area (TPSA) is 130 Å². The Morgan fingerprint density at radius 1 is 0.914 bits per heavy atom. The van der Waals surface area contributed by atoms with Gasteiger partial charge >= 0.3 is 0 Å². The standard InChI is InChI=1S/C22H24Cl3NO8S/c1-13(27)26(14(2)28)10-16(30)12-33-17-3-5-18(6-4-17)35(31,32)19-7-20(24)22(21(25)8-19)34-11-15(29)9-23/h3-8,15-16,29-30H,9-12H2,1-2H3/t15-,16-/m1/s1. The Balaban J connectivity index is 2.11. The van der Waals surface area contributed by atoms with Crippen molar-refractivity contribution >= 4 is 56.5 Å². The van der Waals surface area contributed by atoms with E-state index in [1.165, 1.54) is 50.2 Å². The number of nitrogens with zero attached hydrogens (tertiary/aromatic N) is 1. The van der Waals surface area contributed by atoms with Crippen LogP contribution < -0.4 is 9.47 Å². The Morgan fingerprint density at radius 3 is 1.91 bits per heavy atom. The second-order valence-corrected chi connectivity index (χ2v) is 10.5. The monoisotopic (exact) mass is 567 g/mol. The molecule has 0 aliphatic carbocycles. The van der Waals surface area contributed by atoms with Crippen molar-refractivity contribution in [2.45, 2.75) is 35.8 Å². The Labute approximate surface area is 218 Å². The maximum absolute atomic E-state index is 13.0. The molecule has 0 unspecified atom stereocenters. The molecule has 0 aliphatic rings. The number of imide groups is 1. The number of carbonyl (C=O) groups is 2. The van der Waals surface area contributed by atoms with Gasteiger partial charge in [0.25, 0.3) is 0 Å². The average molecular weight is 569 g/mol. The molecule has 0 saturated heterocycles. The third kappa shape index (κ3) is 7.96. The first kappa shape index (κ1) is 29.2. The van der Waals surface area contributed by atoms with Crippen LogP contribution >= 0.6 is 34.8 Å². The van der Waals surface area contributed by atoms with Gasteiger partial charge in [-0.2, -0.15) is 0 Å². The Hall–Kier alpha value is -2.08. The minimum absolute atomic E-state index is 0.0202. The smallest absolute Gasteiger partial charge is 0.226 e. The lowest BCUT2D eigenvalue weighted by molar-refractivity contribution is -0.144. The molecule has 0 saturated carbocycles. The average Bonchev–Trinajstić information content (AvgIpc) is 2.80. The van der Waals surface area contributed by atoms with E-state index in [-0.39, 0.29) is 57.0 Å². The Bertz CT molecular complexity index is 1120. The molecule has 0 spiro atoms. The molecule has 2 N–H and O–H groups in total. The fourth-order valence-corrected chi connectivity index (χ4v) is 4.97.